The van der Waals surface area contributed by atoms with Crippen LogP contribution in [0.15, 0.2) is 54.6 Å². The van der Waals surface area contributed by atoms with Crippen LogP contribution in [0.4, 0.5) is 14.5 Å². The molecule has 0 bridgehead atoms. The number of aliphatic hydroxyl groups is 1. The van der Waals surface area contributed by atoms with Crippen LogP contribution in [0.1, 0.15) is 31.2 Å². The van der Waals surface area contributed by atoms with E-state index >= 15 is 0 Å². The third kappa shape index (κ3) is 3.41. The Labute approximate surface area is 157 Å². The van der Waals surface area contributed by atoms with Crippen molar-refractivity contribution in [3.05, 3.63) is 60.2 Å². The number of hydrogen-bond acceptors (Lipinski definition) is 3. The van der Waals surface area contributed by atoms with Gasteiger partial charge in [0.2, 0.25) is 0 Å². The standard InChI is InChI=1S/C21H23F2N2O2/c22-20(23)27-18-12-10-17(11-13-18)24-15-21(26,16-7-3-1-4-8-16)25-14-6-2-5-9-19(24)25/h1,3-4,7-8,10-13,20,26H,2,5-6,9,14-15H2/q+1. The van der Waals surface area contributed by atoms with Gasteiger partial charge in [-0.15, -0.1) is 0 Å². The molecule has 1 unspecified atom stereocenters. The maximum absolute atomic E-state index is 12.4. The number of amidine groups is 1. The van der Waals surface area contributed by atoms with E-state index in [-0.39, 0.29) is 5.75 Å². The maximum Gasteiger partial charge on any atom is 0.387 e. The first kappa shape index (κ1) is 17.9. The predicted molar refractivity (Wildman–Crippen MR) is 99.4 cm³/mol. The summed E-state index contributed by atoms with van der Waals surface area (Å²) < 4.78 is 31.4. The molecule has 2 aromatic rings. The van der Waals surface area contributed by atoms with Crippen molar-refractivity contribution in [3.8, 4) is 5.75 Å². The van der Waals surface area contributed by atoms with Crippen molar-refractivity contribution in [1.82, 2.24) is 0 Å². The zero-order valence-electron chi connectivity index (χ0n) is 15.0. The highest BCUT2D eigenvalue weighted by Crippen LogP contribution is 2.35. The number of anilines is 1. The van der Waals surface area contributed by atoms with Gasteiger partial charge in [0.1, 0.15) is 11.4 Å². The summed E-state index contributed by atoms with van der Waals surface area (Å²) >= 11 is 0. The molecule has 0 radical (unpaired) electrons. The van der Waals surface area contributed by atoms with Crippen molar-refractivity contribution in [2.24, 2.45) is 0 Å². The summed E-state index contributed by atoms with van der Waals surface area (Å²) in [6.45, 7) is -1.64. The van der Waals surface area contributed by atoms with Crippen LogP contribution in [0.2, 0.25) is 0 Å². The van der Waals surface area contributed by atoms with Gasteiger partial charge in [-0.2, -0.15) is 8.78 Å². The molecule has 0 amide bonds. The van der Waals surface area contributed by atoms with Crippen molar-refractivity contribution in [3.63, 3.8) is 0 Å². The molecule has 142 valence electrons. The Balaban J connectivity index is 1.70. The number of β-amino-alcohol motifs (C(OH)–C–C–N with tert-alkyl or cyclic N) is 1. The molecule has 6 heteroatoms. The van der Waals surface area contributed by atoms with Crippen LogP contribution in [0, 0.1) is 0 Å². The lowest BCUT2D eigenvalue weighted by Crippen LogP contribution is -2.40. The van der Waals surface area contributed by atoms with Gasteiger partial charge < -0.3 is 9.84 Å². The molecule has 1 N–H and O–H groups in total. The van der Waals surface area contributed by atoms with Gasteiger partial charge in [0.05, 0.1) is 6.54 Å². The van der Waals surface area contributed by atoms with Crippen LogP contribution < -0.4 is 9.64 Å². The summed E-state index contributed by atoms with van der Waals surface area (Å²) in [6, 6.07) is 16.3. The molecule has 0 fully saturated rings. The predicted octanol–water partition coefficient (Wildman–Crippen LogP) is 3.94. The van der Waals surface area contributed by atoms with Crippen LogP contribution in [-0.2, 0) is 5.72 Å². The van der Waals surface area contributed by atoms with E-state index in [1.54, 1.807) is 24.3 Å². The van der Waals surface area contributed by atoms with Gasteiger partial charge in [-0.3, -0.25) is 0 Å². The topological polar surface area (TPSA) is 35.7 Å². The number of rotatable bonds is 4. The number of nitrogens with zero attached hydrogens (tertiary/aromatic N) is 2. The minimum atomic E-state index is -2.84. The summed E-state index contributed by atoms with van der Waals surface area (Å²) in [7, 11) is 0. The SMILES string of the molecule is OC1(c2ccccc2)CN(c2ccc(OC(F)F)cc2)C2=[N+]1CCCCC2. The molecule has 0 aliphatic carbocycles. The van der Waals surface area contributed by atoms with E-state index in [0.29, 0.717) is 6.54 Å². The Morgan fingerprint density at radius 1 is 1.00 bits per heavy atom. The second kappa shape index (κ2) is 7.27. The highest BCUT2D eigenvalue weighted by molar-refractivity contribution is 5.96. The summed E-state index contributed by atoms with van der Waals surface area (Å²) in [5.74, 6) is 1.22. The summed E-state index contributed by atoms with van der Waals surface area (Å²) in [4.78, 5) is 2.10. The molecule has 0 saturated heterocycles. The maximum atomic E-state index is 12.4. The van der Waals surface area contributed by atoms with E-state index in [0.717, 1.165) is 49.3 Å². The largest absolute Gasteiger partial charge is 0.435 e. The quantitative estimate of drug-likeness (QED) is 0.825. The Hall–Kier alpha value is -2.47. The molecular formula is C21H23F2N2O2+. The fourth-order valence-electron chi connectivity index (χ4n) is 4.07. The zero-order chi connectivity index (χ0) is 18.9. The van der Waals surface area contributed by atoms with Gasteiger partial charge in [-0.05, 0) is 43.5 Å². The number of benzene rings is 2. The number of ether oxygens (including phenoxy) is 1. The lowest BCUT2D eigenvalue weighted by Gasteiger charge is -2.23. The van der Waals surface area contributed by atoms with Crippen LogP contribution in [0.5, 0.6) is 5.75 Å². The Morgan fingerprint density at radius 3 is 2.44 bits per heavy atom. The number of hydrogen-bond donors (Lipinski definition) is 1. The lowest BCUT2D eigenvalue weighted by molar-refractivity contribution is -0.658. The van der Waals surface area contributed by atoms with Crippen molar-refractivity contribution in [2.75, 3.05) is 18.0 Å². The molecule has 4 nitrogen and oxygen atoms in total. The smallest absolute Gasteiger partial charge is 0.387 e. The molecule has 0 spiro atoms. The molecule has 0 aromatic heterocycles. The number of alkyl halides is 2. The molecule has 27 heavy (non-hydrogen) atoms. The molecule has 4 rings (SSSR count). The third-order valence-electron chi connectivity index (χ3n) is 5.34. The Morgan fingerprint density at radius 2 is 1.74 bits per heavy atom. The van der Waals surface area contributed by atoms with Crippen LogP contribution >= 0.6 is 0 Å². The average molecular weight is 373 g/mol. The zero-order valence-corrected chi connectivity index (χ0v) is 15.0. The first-order valence-corrected chi connectivity index (χ1v) is 9.32. The van der Waals surface area contributed by atoms with Crippen LogP contribution in [0.25, 0.3) is 0 Å². The summed E-state index contributed by atoms with van der Waals surface area (Å²) in [6.07, 6.45) is 4.11. The van der Waals surface area contributed by atoms with E-state index in [9.17, 15) is 13.9 Å². The molecule has 2 heterocycles. The first-order chi connectivity index (χ1) is 13.1. The van der Waals surface area contributed by atoms with Gasteiger partial charge in [0.25, 0.3) is 11.6 Å². The van der Waals surface area contributed by atoms with Gasteiger partial charge >= 0.3 is 6.61 Å². The van der Waals surface area contributed by atoms with E-state index in [1.165, 1.54) is 0 Å². The fraction of sp³-hybridized carbons (Fsp3) is 0.381. The fourth-order valence-corrected chi connectivity index (χ4v) is 4.07. The van der Waals surface area contributed by atoms with Gasteiger partial charge in [0.15, 0.2) is 6.54 Å². The van der Waals surface area contributed by atoms with Crippen LogP contribution in [0.3, 0.4) is 0 Å². The minimum Gasteiger partial charge on any atom is -0.435 e. The molecule has 2 aliphatic heterocycles. The Bertz CT molecular complexity index is 824. The van der Waals surface area contributed by atoms with E-state index < -0.39 is 12.3 Å². The van der Waals surface area contributed by atoms with Crippen molar-refractivity contribution in [2.45, 2.75) is 38.0 Å². The molecular weight excluding hydrogens is 350 g/mol. The molecule has 0 saturated carbocycles. The minimum absolute atomic E-state index is 0.133. The second-order valence-corrected chi connectivity index (χ2v) is 7.02. The summed E-state index contributed by atoms with van der Waals surface area (Å²) in [5, 5.41) is 11.6. The molecule has 2 aromatic carbocycles. The Kier molecular flexibility index (Phi) is 4.83. The third-order valence-corrected chi connectivity index (χ3v) is 5.34. The van der Waals surface area contributed by atoms with Gasteiger partial charge in [-0.25, -0.2) is 9.48 Å². The van der Waals surface area contributed by atoms with Gasteiger partial charge in [-0.1, -0.05) is 30.3 Å². The van der Waals surface area contributed by atoms with Gasteiger partial charge in [0, 0.05) is 12.0 Å². The second-order valence-electron chi connectivity index (χ2n) is 7.02. The summed E-state index contributed by atoms with van der Waals surface area (Å²) in [5.41, 5.74) is 0.633. The average Bonchev–Trinajstić information content (AvgIpc) is 2.83. The van der Waals surface area contributed by atoms with Crippen LogP contribution in [-0.4, -0.2) is 35.2 Å². The normalized spacial score (nSPS) is 22.7. The first-order valence-electron chi connectivity index (χ1n) is 9.32. The van der Waals surface area contributed by atoms with E-state index in [1.807, 2.05) is 30.3 Å². The molecule has 1 atom stereocenters. The highest BCUT2D eigenvalue weighted by atomic mass is 19.3. The lowest BCUT2D eigenvalue weighted by atomic mass is 10.0. The van der Waals surface area contributed by atoms with Crippen molar-refractivity contribution in [1.29, 1.82) is 0 Å². The number of halogens is 2. The molecule has 2 aliphatic rings. The van der Waals surface area contributed by atoms with E-state index in [4.69, 9.17) is 0 Å². The van der Waals surface area contributed by atoms with Crippen molar-refractivity contribution >= 4 is 11.5 Å². The van der Waals surface area contributed by atoms with E-state index in [2.05, 4.69) is 14.2 Å². The van der Waals surface area contributed by atoms with Crippen molar-refractivity contribution < 1.29 is 23.2 Å². The monoisotopic (exact) mass is 373 g/mol. The highest BCUT2D eigenvalue weighted by Gasteiger charge is 2.51.